The van der Waals surface area contributed by atoms with Crippen LogP contribution >= 0.6 is 0 Å². The molecule has 0 aliphatic rings. The zero-order chi connectivity index (χ0) is 26.8. The maximum atomic E-state index is 12.5. The fourth-order valence-electron chi connectivity index (χ4n) is 3.77. The van der Waals surface area contributed by atoms with Gasteiger partial charge in [-0.1, -0.05) is 37.6 Å². The molecule has 0 heterocycles. The molecule has 37 heavy (non-hydrogen) atoms. The van der Waals surface area contributed by atoms with Crippen molar-refractivity contribution in [2.24, 2.45) is 0 Å². The molecule has 198 valence electrons. The Morgan fingerprint density at radius 2 is 1.49 bits per heavy atom. The quantitative estimate of drug-likeness (QED) is 0.311. The summed E-state index contributed by atoms with van der Waals surface area (Å²) in [6, 6.07) is 21.9. The second-order valence-electron chi connectivity index (χ2n) is 9.13. The number of rotatable bonds is 13. The van der Waals surface area contributed by atoms with Crippen molar-refractivity contribution >= 4 is 21.6 Å². The van der Waals surface area contributed by atoms with Crippen LogP contribution in [0.2, 0.25) is 0 Å². The number of hydrogen-bond donors (Lipinski definition) is 1. The standard InChI is InChI=1S/C29H36N2O5S/c1-5-6-23-9-15-27(16-10-23)35-20-19-30-29(32)25-11-7-24(8-12-25)21-31(37(4,33)34)26-13-17-28(18-14-26)36-22(2)3/h7-18,22H,5-6,19-21H2,1-4H3,(H,30,32). The Balaban J connectivity index is 1.54. The molecule has 0 atom stereocenters. The van der Waals surface area contributed by atoms with Gasteiger partial charge in [0.25, 0.3) is 5.91 Å². The zero-order valence-corrected chi connectivity index (χ0v) is 22.8. The summed E-state index contributed by atoms with van der Waals surface area (Å²) in [5.74, 6) is 1.24. The number of aryl methyl sites for hydroxylation is 1. The van der Waals surface area contributed by atoms with Gasteiger partial charge in [0.15, 0.2) is 0 Å². The molecule has 3 aromatic carbocycles. The third-order valence-corrected chi connectivity index (χ3v) is 6.70. The molecule has 0 aliphatic carbocycles. The molecule has 8 heteroatoms. The molecular formula is C29H36N2O5S. The molecule has 1 N–H and O–H groups in total. The normalized spacial score (nSPS) is 11.3. The van der Waals surface area contributed by atoms with Gasteiger partial charge in [0.05, 0.1) is 31.1 Å². The van der Waals surface area contributed by atoms with Gasteiger partial charge in [-0.15, -0.1) is 0 Å². The average Bonchev–Trinajstić information content (AvgIpc) is 2.86. The molecule has 1 amide bonds. The summed E-state index contributed by atoms with van der Waals surface area (Å²) in [7, 11) is -3.52. The van der Waals surface area contributed by atoms with E-state index in [0.29, 0.717) is 30.2 Å². The van der Waals surface area contributed by atoms with Gasteiger partial charge in [-0.25, -0.2) is 8.42 Å². The molecular weight excluding hydrogens is 488 g/mol. The molecule has 0 unspecified atom stereocenters. The van der Waals surface area contributed by atoms with Crippen LogP contribution in [0.1, 0.15) is 48.7 Å². The number of benzene rings is 3. The fourth-order valence-corrected chi connectivity index (χ4v) is 4.66. The van der Waals surface area contributed by atoms with Gasteiger partial charge >= 0.3 is 0 Å². The van der Waals surface area contributed by atoms with E-state index in [9.17, 15) is 13.2 Å². The van der Waals surface area contributed by atoms with Crippen LogP contribution in [-0.4, -0.2) is 39.8 Å². The minimum Gasteiger partial charge on any atom is -0.492 e. The van der Waals surface area contributed by atoms with Gasteiger partial charge in [0.2, 0.25) is 10.0 Å². The second-order valence-corrected chi connectivity index (χ2v) is 11.0. The Morgan fingerprint density at radius 1 is 0.892 bits per heavy atom. The van der Waals surface area contributed by atoms with Gasteiger partial charge in [-0.3, -0.25) is 9.10 Å². The number of hydrogen-bond acceptors (Lipinski definition) is 5. The summed E-state index contributed by atoms with van der Waals surface area (Å²) in [6.45, 7) is 6.89. The number of ether oxygens (including phenoxy) is 2. The number of anilines is 1. The lowest BCUT2D eigenvalue weighted by Crippen LogP contribution is -2.29. The van der Waals surface area contributed by atoms with Crippen LogP contribution in [0.5, 0.6) is 11.5 Å². The van der Waals surface area contributed by atoms with E-state index in [4.69, 9.17) is 9.47 Å². The molecule has 0 radical (unpaired) electrons. The lowest BCUT2D eigenvalue weighted by Gasteiger charge is -2.23. The van der Waals surface area contributed by atoms with Gasteiger partial charge in [-0.2, -0.15) is 0 Å². The van der Waals surface area contributed by atoms with Crippen molar-refractivity contribution in [1.82, 2.24) is 5.32 Å². The number of amides is 1. The minimum atomic E-state index is -3.52. The van der Waals surface area contributed by atoms with Crippen LogP contribution in [-0.2, 0) is 23.0 Å². The van der Waals surface area contributed by atoms with Crippen LogP contribution in [0, 0.1) is 0 Å². The van der Waals surface area contributed by atoms with Crippen LogP contribution in [0.4, 0.5) is 5.69 Å². The predicted molar refractivity (Wildman–Crippen MR) is 148 cm³/mol. The summed E-state index contributed by atoms with van der Waals surface area (Å²) in [5.41, 5.74) is 3.08. The summed E-state index contributed by atoms with van der Waals surface area (Å²) in [6.07, 6.45) is 3.35. The molecule has 0 aliphatic heterocycles. The highest BCUT2D eigenvalue weighted by molar-refractivity contribution is 7.92. The zero-order valence-electron chi connectivity index (χ0n) is 21.9. The molecule has 0 saturated carbocycles. The highest BCUT2D eigenvalue weighted by Gasteiger charge is 2.18. The van der Waals surface area contributed by atoms with E-state index in [1.807, 2.05) is 26.0 Å². The van der Waals surface area contributed by atoms with E-state index < -0.39 is 10.0 Å². The maximum absolute atomic E-state index is 12.5. The van der Waals surface area contributed by atoms with E-state index in [-0.39, 0.29) is 18.6 Å². The molecule has 0 bridgehead atoms. The Labute approximate surface area is 220 Å². The first kappa shape index (κ1) is 28.1. The van der Waals surface area contributed by atoms with Crippen molar-refractivity contribution in [3.05, 3.63) is 89.5 Å². The van der Waals surface area contributed by atoms with Crippen molar-refractivity contribution in [2.45, 2.75) is 46.3 Å². The summed E-state index contributed by atoms with van der Waals surface area (Å²) in [4.78, 5) is 12.5. The molecule has 0 aromatic heterocycles. The first-order valence-corrected chi connectivity index (χ1v) is 14.3. The number of carbonyl (C=O) groups is 1. The Bertz CT molecular complexity index is 1240. The van der Waals surface area contributed by atoms with Gasteiger partial charge in [0, 0.05) is 5.56 Å². The fraction of sp³-hybridized carbons (Fsp3) is 0.345. The monoisotopic (exact) mass is 524 g/mol. The molecule has 7 nitrogen and oxygen atoms in total. The number of nitrogens with one attached hydrogen (secondary N) is 1. The third kappa shape index (κ3) is 8.82. The summed E-state index contributed by atoms with van der Waals surface area (Å²) >= 11 is 0. The Morgan fingerprint density at radius 3 is 2.05 bits per heavy atom. The Hall–Kier alpha value is -3.52. The van der Waals surface area contributed by atoms with E-state index in [1.54, 1.807) is 48.5 Å². The highest BCUT2D eigenvalue weighted by atomic mass is 32.2. The van der Waals surface area contributed by atoms with E-state index in [2.05, 4.69) is 24.4 Å². The van der Waals surface area contributed by atoms with E-state index in [0.717, 1.165) is 24.2 Å². The lowest BCUT2D eigenvalue weighted by molar-refractivity contribution is 0.0947. The maximum Gasteiger partial charge on any atom is 0.251 e. The molecule has 0 fully saturated rings. The molecule has 0 spiro atoms. The SMILES string of the molecule is CCCc1ccc(OCCNC(=O)c2ccc(CN(c3ccc(OC(C)C)cc3)S(C)(=O)=O)cc2)cc1. The van der Waals surface area contributed by atoms with Crippen molar-refractivity contribution in [2.75, 3.05) is 23.7 Å². The molecule has 0 saturated heterocycles. The van der Waals surface area contributed by atoms with Crippen LogP contribution in [0.3, 0.4) is 0 Å². The van der Waals surface area contributed by atoms with Crippen LogP contribution in [0.15, 0.2) is 72.8 Å². The predicted octanol–water partition coefficient (Wildman–Crippen LogP) is 5.20. The smallest absolute Gasteiger partial charge is 0.251 e. The number of nitrogens with zero attached hydrogens (tertiary/aromatic N) is 1. The van der Waals surface area contributed by atoms with Crippen LogP contribution in [0.25, 0.3) is 0 Å². The summed E-state index contributed by atoms with van der Waals surface area (Å²) in [5, 5.41) is 2.85. The van der Waals surface area contributed by atoms with Crippen molar-refractivity contribution in [3.8, 4) is 11.5 Å². The van der Waals surface area contributed by atoms with Crippen molar-refractivity contribution in [3.63, 3.8) is 0 Å². The lowest BCUT2D eigenvalue weighted by atomic mass is 10.1. The first-order chi connectivity index (χ1) is 17.7. The van der Waals surface area contributed by atoms with Crippen molar-refractivity contribution in [1.29, 1.82) is 0 Å². The Kier molecular flexibility index (Phi) is 9.97. The number of sulfonamides is 1. The summed E-state index contributed by atoms with van der Waals surface area (Å²) < 4.78 is 37.7. The minimum absolute atomic E-state index is 0.0304. The van der Waals surface area contributed by atoms with E-state index >= 15 is 0 Å². The van der Waals surface area contributed by atoms with Gasteiger partial charge in [-0.05, 0) is 79.9 Å². The second kappa shape index (κ2) is 13.1. The first-order valence-electron chi connectivity index (χ1n) is 12.5. The topological polar surface area (TPSA) is 84.9 Å². The molecule has 3 rings (SSSR count). The van der Waals surface area contributed by atoms with Gasteiger partial charge < -0.3 is 14.8 Å². The average molecular weight is 525 g/mol. The molecule has 3 aromatic rings. The van der Waals surface area contributed by atoms with Crippen LogP contribution < -0.4 is 19.1 Å². The largest absolute Gasteiger partial charge is 0.492 e. The third-order valence-electron chi connectivity index (χ3n) is 5.56. The van der Waals surface area contributed by atoms with Gasteiger partial charge in [0.1, 0.15) is 18.1 Å². The highest BCUT2D eigenvalue weighted by Crippen LogP contribution is 2.24. The van der Waals surface area contributed by atoms with E-state index in [1.165, 1.54) is 16.1 Å². The number of carbonyl (C=O) groups excluding carboxylic acids is 1. The van der Waals surface area contributed by atoms with Crippen molar-refractivity contribution < 1.29 is 22.7 Å².